The number of alkyl halides is 5. The second kappa shape index (κ2) is 5.68. The third kappa shape index (κ3) is 3.52. The maximum absolute atomic E-state index is 12.8. The number of esters is 1. The van der Waals surface area contributed by atoms with Gasteiger partial charge in [-0.2, -0.15) is 13.2 Å². The molecule has 0 aliphatic heterocycles. The van der Waals surface area contributed by atoms with Gasteiger partial charge >= 0.3 is 12.1 Å². The number of aromatic nitrogens is 1. The number of pyridine rings is 1. The van der Waals surface area contributed by atoms with Gasteiger partial charge in [-0.05, 0) is 5.56 Å². The number of carbonyl (C=O) groups is 1. The van der Waals surface area contributed by atoms with Crippen LogP contribution in [-0.4, -0.2) is 18.1 Å². The summed E-state index contributed by atoms with van der Waals surface area (Å²) in [5.41, 5.74) is -3.46. The van der Waals surface area contributed by atoms with Gasteiger partial charge < -0.3 is 4.74 Å². The summed E-state index contributed by atoms with van der Waals surface area (Å²) >= 11 is 5.36. The predicted molar refractivity (Wildman–Crippen MR) is 54.9 cm³/mol. The van der Waals surface area contributed by atoms with Gasteiger partial charge in [0, 0.05) is 6.20 Å². The topological polar surface area (TPSA) is 39.2 Å². The first kappa shape index (κ1) is 15.6. The first-order valence-corrected chi connectivity index (χ1v) is 5.15. The first-order valence-electron chi connectivity index (χ1n) is 4.78. The van der Waals surface area contributed by atoms with Crippen molar-refractivity contribution in [3.63, 3.8) is 0 Å². The summed E-state index contributed by atoms with van der Waals surface area (Å²) < 4.78 is 67.8. The fourth-order valence-corrected chi connectivity index (χ4v) is 1.66. The number of halogens is 6. The fraction of sp³-hybridized carbons (Fsp3) is 0.400. The summed E-state index contributed by atoms with van der Waals surface area (Å²) in [6.45, 7) is 0. The lowest BCUT2D eigenvalue weighted by Gasteiger charge is -2.16. The Balaban J connectivity index is 3.49. The lowest BCUT2D eigenvalue weighted by molar-refractivity contribution is -0.141. The molecule has 0 N–H and O–H groups in total. The number of methoxy groups -OCH3 is 1. The molecule has 1 rings (SSSR count). The van der Waals surface area contributed by atoms with E-state index in [1.165, 1.54) is 0 Å². The first-order chi connectivity index (χ1) is 8.68. The standard InChI is InChI=1S/C10H7ClF5NO2/c1-19-6(18)2-4-5(10(14,15)16)3-17-8(11)7(4)9(12)13/h3,9H,2H2,1H3. The highest BCUT2D eigenvalue weighted by Crippen LogP contribution is 2.38. The highest BCUT2D eigenvalue weighted by atomic mass is 35.5. The Kier molecular flexibility index (Phi) is 4.67. The van der Waals surface area contributed by atoms with E-state index in [4.69, 9.17) is 11.6 Å². The molecule has 1 aromatic heterocycles. The van der Waals surface area contributed by atoms with Gasteiger partial charge in [0.25, 0.3) is 6.43 Å². The molecular formula is C10H7ClF5NO2. The number of hydrogen-bond donors (Lipinski definition) is 0. The molecule has 0 aliphatic carbocycles. The Morgan fingerprint density at radius 1 is 1.47 bits per heavy atom. The van der Waals surface area contributed by atoms with Crippen molar-refractivity contribution in [1.82, 2.24) is 4.98 Å². The van der Waals surface area contributed by atoms with Gasteiger partial charge in [-0.25, -0.2) is 13.8 Å². The van der Waals surface area contributed by atoms with Crippen LogP contribution in [0.4, 0.5) is 22.0 Å². The minimum atomic E-state index is -4.93. The number of ether oxygens (including phenoxy) is 1. The van der Waals surface area contributed by atoms with E-state index in [1.807, 2.05) is 0 Å². The van der Waals surface area contributed by atoms with Crippen LogP contribution in [0.3, 0.4) is 0 Å². The second-order valence-electron chi connectivity index (χ2n) is 3.41. The fourth-order valence-electron chi connectivity index (χ4n) is 1.41. The molecule has 0 spiro atoms. The van der Waals surface area contributed by atoms with Gasteiger partial charge in [-0.3, -0.25) is 4.79 Å². The zero-order chi connectivity index (χ0) is 14.8. The average molecular weight is 304 g/mol. The molecule has 0 amide bonds. The monoisotopic (exact) mass is 303 g/mol. The van der Waals surface area contributed by atoms with Gasteiger partial charge in [0.1, 0.15) is 5.15 Å². The second-order valence-corrected chi connectivity index (χ2v) is 3.76. The van der Waals surface area contributed by atoms with Gasteiger partial charge in [0.15, 0.2) is 0 Å². The molecule has 0 saturated heterocycles. The Morgan fingerprint density at radius 2 is 2.05 bits per heavy atom. The zero-order valence-corrected chi connectivity index (χ0v) is 10.1. The van der Waals surface area contributed by atoms with Crippen LogP contribution >= 0.6 is 11.6 Å². The molecule has 0 aromatic carbocycles. The Bertz CT molecular complexity index is 490. The van der Waals surface area contributed by atoms with Gasteiger partial charge in [-0.1, -0.05) is 11.6 Å². The summed E-state index contributed by atoms with van der Waals surface area (Å²) in [5, 5.41) is -0.776. The Labute approximate surface area is 109 Å². The van der Waals surface area contributed by atoms with E-state index in [-0.39, 0.29) is 0 Å². The highest BCUT2D eigenvalue weighted by molar-refractivity contribution is 6.30. The van der Waals surface area contributed by atoms with Gasteiger partial charge in [0.2, 0.25) is 0 Å². The molecular weight excluding hydrogens is 297 g/mol. The lowest BCUT2D eigenvalue weighted by Crippen LogP contribution is -2.17. The van der Waals surface area contributed by atoms with Crippen LogP contribution in [0.15, 0.2) is 6.20 Å². The summed E-state index contributed by atoms with van der Waals surface area (Å²) in [6.07, 6.45) is -8.87. The Morgan fingerprint density at radius 3 is 2.47 bits per heavy atom. The van der Waals surface area contributed by atoms with E-state index in [0.29, 0.717) is 6.20 Å². The van der Waals surface area contributed by atoms with Crippen LogP contribution in [0.1, 0.15) is 23.1 Å². The van der Waals surface area contributed by atoms with E-state index < -0.39 is 46.8 Å². The molecule has 9 heteroatoms. The average Bonchev–Trinajstić information content (AvgIpc) is 2.26. The van der Waals surface area contributed by atoms with Crippen molar-refractivity contribution < 1.29 is 31.5 Å². The predicted octanol–water partition coefficient (Wildman–Crippen LogP) is 3.41. The molecule has 1 heterocycles. The van der Waals surface area contributed by atoms with Crippen molar-refractivity contribution in [2.75, 3.05) is 7.11 Å². The highest BCUT2D eigenvalue weighted by Gasteiger charge is 2.37. The molecule has 19 heavy (non-hydrogen) atoms. The minimum Gasteiger partial charge on any atom is -0.469 e. The molecule has 0 bridgehead atoms. The largest absolute Gasteiger partial charge is 0.469 e. The van der Waals surface area contributed by atoms with Crippen LogP contribution in [0, 0.1) is 0 Å². The van der Waals surface area contributed by atoms with Crippen molar-refractivity contribution in [3.8, 4) is 0 Å². The zero-order valence-electron chi connectivity index (χ0n) is 9.39. The molecule has 3 nitrogen and oxygen atoms in total. The minimum absolute atomic E-state index is 0.312. The van der Waals surface area contributed by atoms with Crippen molar-refractivity contribution in [2.45, 2.75) is 19.0 Å². The summed E-state index contributed by atoms with van der Waals surface area (Å²) in [4.78, 5) is 14.1. The third-order valence-corrected chi connectivity index (χ3v) is 2.55. The van der Waals surface area contributed by atoms with Gasteiger partial charge in [0.05, 0.1) is 24.7 Å². The van der Waals surface area contributed by atoms with Crippen LogP contribution in [-0.2, 0) is 22.1 Å². The summed E-state index contributed by atoms with van der Waals surface area (Å²) in [6, 6.07) is 0. The maximum atomic E-state index is 12.8. The number of hydrogen-bond acceptors (Lipinski definition) is 3. The lowest BCUT2D eigenvalue weighted by atomic mass is 10.0. The molecule has 106 valence electrons. The van der Waals surface area contributed by atoms with Gasteiger partial charge in [-0.15, -0.1) is 0 Å². The van der Waals surface area contributed by atoms with Crippen molar-refractivity contribution in [3.05, 3.63) is 28.0 Å². The number of carbonyl (C=O) groups excluding carboxylic acids is 1. The van der Waals surface area contributed by atoms with Crippen LogP contribution in [0.25, 0.3) is 0 Å². The SMILES string of the molecule is COC(=O)Cc1c(C(F)(F)F)cnc(Cl)c1C(F)F. The maximum Gasteiger partial charge on any atom is 0.418 e. The Hall–Kier alpha value is -1.44. The van der Waals surface area contributed by atoms with E-state index in [2.05, 4.69) is 9.72 Å². The smallest absolute Gasteiger partial charge is 0.418 e. The van der Waals surface area contributed by atoms with Crippen molar-refractivity contribution in [1.29, 1.82) is 0 Å². The molecule has 0 aliphatic rings. The quantitative estimate of drug-likeness (QED) is 0.488. The van der Waals surface area contributed by atoms with E-state index in [1.54, 1.807) is 0 Å². The summed E-state index contributed by atoms with van der Waals surface area (Å²) in [7, 11) is 0.931. The normalized spacial score (nSPS) is 11.8. The van der Waals surface area contributed by atoms with E-state index in [9.17, 15) is 26.7 Å². The molecule has 0 unspecified atom stereocenters. The van der Waals surface area contributed by atoms with Crippen LogP contribution in [0.2, 0.25) is 5.15 Å². The van der Waals surface area contributed by atoms with Crippen LogP contribution in [0.5, 0.6) is 0 Å². The van der Waals surface area contributed by atoms with Crippen molar-refractivity contribution in [2.24, 2.45) is 0 Å². The van der Waals surface area contributed by atoms with Crippen molar-refractivity contribution >= 4 is 17.6 Å². The molecule has 0 fully saturated rings. The number of nitrogens with zero attached hydrogens (tertiary/aromatic N) is 1. The molecule has 0 atom stereocenters. The molecule has 0 saturated carbocycles. The molecule has 1 aromatic rings. The van der Waals surface area contributed by atoms with E-state index in [0.717, 1.165) is 7.11 Å². The van der Waals surface area contributed by atoms with E-state index >= 15 is 0 Å². The third-order valence-electron chi connectivity index (χ3n) is 2.25. The van der Waals surface area contributed by atoms with Crippen LogP contribution < -0.4 is 0 Å². The number of rotatable bonds is 3. The molecule has 0 radical (unpaired) electrons. The summed E-state index contributed by atoms with van der Waals surface area (Å²) in [5.74, 6) is -1.09.